The average molecular weight is 309 g/mol. The Balaban J connectivity index is 1.96. The van der Waals surface area contributed by atoms with Crippen molar-refractivity contribution in [2.75, 3.05) is 0 Å². The van der Waals surface area contributed by atoms with E-state index in [0.717, 1.165) is 11.0 Å². The van der Waals surface area contributed by atoms with E-state index >= 15 is 0 Å². The number of benzene rings is 2. The van der Waals surface area contributed by atoms with Gasteiger partial charge >= 0.3 is 0 Å². The highest BCUT2D eigenvalue weighted by Gasteiger charge is 2.32. The van der Waals surface area contributed by atoms with Crippen molar-refractivity contribution >= 4 is 5.91 Å². The van der Waals surface area contributed by atoms with Gasteiger partial charge < -0.3 is 15.1 Å². The molecular formula is C15H10F3NO3. The predicted octanol–water partition coefficient (Wildman–Crippen LogP) is 2.67. The largest absolute Gasteiger partial charge is 0.504 e. The van der Waals surface area contributed by atoms with Gasteiger partial charge in [0.15, 0.2) is 23.1 Å². The molecule has 2 aromatic carbocycles. The highest BCUT2D eigenvalue weighted by molar-refractivity contribution is 6.01. The van der Waals surface area contributed by atoms with Gasteiger partial charge in [0.2, 0.25) is 0 Å². The third-order valence-electron chi connectivity index (χ3n) is 3.59. The molecule has 0 saturated heterocycles. The second-order valence-electron chi connectivity index (χ2n) is 4.95. The van der Waals surface area contributed by atoms with Crippen LogP contribution in [-0.4, -0.2) is 21.0 Å². The van der Waals surface area contributed by atoms with Crippen LogP contribution in [0.15, 0.2) is 24.3 Å². The van der Waals surface area contributed by atoms with Crippen LogP contribution in [0.3, 0.4) is 0 Å². The molecule has 0 unspecified atom stereocenters. The van der Waals surface area contributed by atoms with Gasteiger partial charge in [0.1, 0.15) is 5.82 Å². The van der Waals surface area contributed by atoms with E-state index in [9.17, 15) is 28.2 Å². The molecule has 0 fully saturated rings. The Labute approximate surface area is 123 Å². The van der Waals surface area contributed by atoms with Gasteiger partial charge in [-0.05, 0) is 23.8 Å². The summed E-state index contributed by atoms with van der Waals surface area (Å²) in [6.45, 7) is -0.486. The molecule has 0 spiro atoms. The first-order valence-corrected chi connectivity index (χ1v) is 6.35. The van der Waals surface area contributed by atoms with E-state index in [2.05, 4.69) is 0 Å². The molecule has 22 heavy (non-hydrogen) atoms. The summed E-state index contributed by atoms with van der Waals surface area (Å²) in [5.74, 6) is -5.25. The fourth-order valence-corrected chi connectivity index (χ4v) is 2.46. The standard InChI is InChI=1S/C15H10F3NO3/c16-9-2-3-10(17)13(18)8(9)6-19-5-7-1-4-11(20)14(21)12(7)15(19)22/h1-4,20-21H,5-6H2. The van der Waals surface area contributed by atoms with E-state index < -0.39 is 47.0 Å². The predicted molar refractivity (Wildman–Crippen MR) is 69.7 cm³/mol. The van der Waals surface area contributed by atoms with Crippen molar-refractivity contribution in [2.45, 2.75) is 13.1 Å². The summed E-state index contributed by atoms with van der Waals surface area (Å²) in [7, 11) is 0. The Morgan fingerprint density at radius 1 is 1.05 bits per heavy atom. The van der Waals surface area contributed by atoms with Crippen molar-refractivity contribution < 1.29 is 28.2 Å². The second-order valence-corrected chi connectivity index (χ2v) is 4.95. The monoisotopic (exact) mass is 309 g/mol. The van der Waals surface area contributed by atoms with Crippen LogP contribution in [0.4, 0.5) is 13.2 Å². The van der Waals surface area contributed by atoms with Crippen molar-refractivity contribution in [1.29, 1.82) is 0 Å². The topological polar surface area (TPSA) is 60.8 Å². The number of rotatable bonds is 2. The molecule has 0 aromatic heterocycles. The fourth-order valence-electron chi connectivity index (χ4n) is 2.46. The van der Waals surface area contributed by atoms with Gasteiger partial charge in [0.05, 0.1) is 12.1 Å². The zero-order valence-corrected chi connectivity index (χ0v) is 11.1. The number of phenolic OH excluding ortho intramolecular Hbond substituents is 2. The average Bonchev–Trinajstić information content (AvgIpc) is 2.80. The minimum atomic E-state index is -1.35. The van der Waals surface area contributed by atoms with Crippen LogP contribution in [0.5, 0.6) is 11.5 Å². The Morgan fingerprint density at radius 3 is 2.45 bits per heavy atom. The van der Waals surface area contributed by atoms with Gasteiger partial charge in [-0.1, -0.05) is 6.07 Å². The van der Waals surface area contributed by atoms with Crippen LogP contribution < -0.4 is 0 Å². The number of nitrogens with zero attached hydrogens (tertiary/aromatic N) is 1. The molecule has 0 atom stereocenters. The summed E-state index contributed by atoms with van der Waals surface area (Å²) in [6.07, 6.45) is 0. The molecule has 0 bridgehead atoms. The van der Waals surface area contributed by atoms with Gasteiger partial charge in [-0.2, -0.15) is 0 Å². The lowest BCUT2D eigenvalue weighted by molar-refractivity contribution is 0.0760. The number of halogens is 3. The lowest BCUT2D eigenvalue weighted by atomic mass is 10.1. The van der Waals surface area contributed by atoms with Gasteiger partial charge in [0, 0.05) is 12.1 Å². The first-order chi connectivity index (χ1) is 10.4. The molecule has 1 aliphatic rings. The number of fused-ring (bicyclic) bond motifs is 1. The van der Waals surface area contributed by atoms with Gasteiger partial charge in [-0.3, -0.25) is 4.79 Å². The maximum absolute atomic E-state index is 13.7. The minimum absolute atomic E-state index is 0.00258. The van der Waals surface area contributed by atoms with E-state index in [1.54, 1.807) is 0 Å². The number of hydrogen-bond acceptors (Lipinski definition) is 3. The second kappa shape index (κ2) is 4.94. The normalized spacial score (nSPS) is 13.6. The van der Waals surface area contributed by atoms with Crippen molar-refractivity contribution in [2.24, 2.45) is 0 Å². The van der Waals surface area contributed by atoms with Crippen LogP contribution in [-0.2, 0) is 13.1 Å². The lowest BCUT2D eigenvalue weighted by Crippen LogP contribution is -2.24. The number of aromatic hydroxyl groups is 2. The minimum Gasteiger partial charge on any atom is -0.504 e. The van der Waals surface area contributed by atoms with E-state index in [-0.39, 0.29) is 12.1 Å². The summed E-state index contributed by atoms with van der Waals surface area (Å²) in [6, 6.07) is 4.10. The Kier molecular flexibility index (Phi) is 3.20. The molecule has 0 aliphatic carbocycles. The molecular weight excluding hydrogens is 299 g/mol. The van der Waals surface area contributed by atoms with E-state index in [4.69, 9.17) is 0 Å². The van der Waals surface area contributed by atoms with E-state index in [1.165, 1.54) is 12.1 Å². The Bertz CT molecular complexity index is 792. The molecule has 1 heterocycles. The Morgan fingerprint density at radius 2 is 1.73 bits per heavy atom. The summed E-state index contributed by atoms with van der Waals surface area (Å²) < 4.78 is 40.5. The van der Waals surface area contributed by atoms with Gasteiger partial charge in [0.25, 0.3) is 5.91 Å². The number of phenols is 2. The van der Waals surface area contributed by atoms with Crippen molar-refractivity contribution in [3.8, 4) is 11.5 Å². The highest BCUT2D eigenvalue weighted by atomic mass is 19.2. The van der Waals surface area contributed by atoms with Crippen LogP contribution in [0, 0.1) is 17.5 Å². The first kappa shape index (κ1) is 14.2. The molecule has 2 N–H and O–H groups in total. The maximum atomic E-state index is 13.7. The van der Waals surface area contributed by atoms with Crippen LogP contribution in [0.25, 0.3) is 0 Å². The van der Waals surface area contributed by atoms with Gasteiger partial charge in [-0.25, -0.2) is 13.2 Å². The van der Waals surface area contributed by atoms with Crippen LogP contribution >= 0.6 is 0 Å². The molecule has 114 valence electrons. The zero-order chi connectivity index (χ0) is 16.0. The molecule has 1 aliphatic heterocycles. The third-order valence-corrected chi connectivity index (χ3v) is 3.59. The quantitative estimate of drug-likeness (QED) is 0.662. The fraction of sp³-hybridized carbons (Fsp3) is 0.133. The first-order valence-electron chi connectivity index (χ1n) is 6.35. The number of carbonyl (C=O) groups is 1. The van der Waals surface area contributed by atoms with Crippen LogP contribution in [0.2, 0.25) is 0 Å². The molecule has 1 amide bonds. The SMILES string of the molecule is O=C1c2c(ccc(O)c2O)CN1Cc1c(F)ccc(F)c1F. The number of hydrogen-bond donors (Lipinski definition) is 2. The lowest BCUT2D eigenvalue weighted by Gasteiger charge is -2.16. The summed E-state index contributed by atoms with van der Waals surface area (Å²) in [5.41, 5.74) is -0.264. The zero-order valence-electron chi connectivity index (χ0n) is 11.1. The van der Waals surface area contributed by atoms with Crippen LogP contribution in [0.1, 0.15) is 21.5 Å². The number of carbonyl (C=O) groups excluding carboxylic acids is 1. The summed E-state index contributed by atoms with van der Waals surface area (Å²) in [4.78, 5) is 13.3. The summed E-state index contributed by atoms with van der Waals surface area (Å²) in [5, 5.41) is 19.1. The van der Waals surface area contributed by atoms with Crippen molar-refractivity contribution in [1.82, 2.24) is 4.90 Å². The van der Waals surface area contributed by atoms with Crippen molar-refractivity contribution in [3.63, 3.8) is 0 Å². The molecule has 0 saturated carbocycles. The van der Waals surface area contributed by atoms with E-state index in [1.807, 2.05) is 0 Å². The highest BCUT2D eigenvalue weighted by Crippen LogP contribution is 2.37. The molecule has 2 aromatic rings. The van der Waals surface area contributed by atoms with E-state index in [0.29, 0.717) is 11.6 Å². The Hall–Kier alpha value is -2.70. The smallest absolute Gasteiger partial charge is 0.258 e. The third kappa shape index (κ3) is 2.05. The summed E-state index contributed by atoms with van der Waals surface area (Å²) >= 11 is 0. The maximum Gasteiger partial charge on any atom is 0.258 e. The van der Waals surface area contributed by atoms with Crippen molar-refractivity contribution in [3.05, 3.63) is 58.4 Å². The molecule has 0 radical (unpaired) electrons. The number of amides is 1. The van der Waals surface area contributed by atoms with Gasteiger partial charge in [-0.15, -0.1) is 0 Å². The molecule has 7 heteroatoms. The molecule has 4 nitrogen and oxygen atoms in total. The molecule has 3 rings (SSSR count).